The van der Waals surface area contributed by atoms with Gasteiger partial charge >= 0.3 is 0 Å². The molecule has 0 radical (unpaired) electrons. The first-order chi connectivity index (χ1) is 5.25. The quantitative estimate of drug-likeness (QED) is 0.529. The number of fused-ring (bicyclic) bond motifs is 1. The Morgan fingerprint density at radius 3 is 3.00 bits per heavy atom. The van der Waals surface area contributed by atoms with Crippen LogP contribution in [-0.2, 0) is 4.79 Å². The fourth-order valence-corrected chi connectivity index (χ4v) is 1.03. The third-order valence-corrected chi connectivity index (χ3v) is 1.52. The molecule has 0 saturated heterocycles. The van der Waals surface area contributed by atoms with Gasteiger partial charge in [-0.25, -0.2) is 4.99 Å². The zero-order valence-electron chi connectivity index (χ0n) is 5.61. The van der Waals surface area contributed by atoms with Crippen LogP contribution in [0.2, 0.25) is 0 Å². The summed E-state index contributed by atoms with van der Waals surface area (Å²) in [6, 6.07) is 4.67. The lowest BCUT2D eigenvalue weighted by Crippen LogP contribution is -2.19. The Kier molecular flexibility index (Phi) is 1.06. The number of benzene rings is 1. The molecule has 1 aliphatic heterocycles. The van der Waals surface area contributed by atoms with E-state index in [9.17, 15) is 4.79 Å². The predicted octanol–water partition coefficient (Wildman–Crippen LogP) is -0.668. The van der Waals surface area contributed by atoms with Gasteiger partial charge < -0.3 is 5.11 Å². The first-order valence-corrected chi connectivity index (χ1v) is 3.19. The van der Waals surface area contributed by atoms with Gasteiger partial charge in [-0.3, -0.25) is 4.79 Å². The molecule has 3 nitrogen and oxygen atoms in total. The number of hydrogen-bond acceptors (Lipinski definition) is 2. The molecule has 2 rings (SSSR count). The number of phenolic OH excluding ortho intramolecular Hbond substituents is 1. The molecule has 0 fully saturated rings. The number of hydrogen-bond donors (Lipinski definition) is 1. The summed E-state index contributed by atoms with van der Waals surface area (Å²) in [4.78, 5) is 14.4. The van der Waals surface area contributed by atoms with Crippen LogP contribution < -0.4 is 10.6 Å². The molecule has 0 aromatic heterocycles. The molecule has 0 saturated carbocycles. The standard InChI is InChI=1S/C8H5NO2/c10-6-2-1-5-3-8(11)9-7(5)4-6/h1-4,10H. The second kappa shape index (κ2) is 1.92. The average molecular weight is 147 g/mol. The van der Waals surface area contributed by atoms with Gasteiger partial charge in [0.25, 0.3) is 5.91 Å². The van der Waals surface area contributed by atoms with E-state index in [4.69, 9.17) is 5.11 Å². The average Bonchev–Trinajstić information content (AvgIpc) is 2.27. The molecule has 3 heteroatoms. The summed E-state index contributed by atoms with van der Waals surface area (Å²) in [5.74, 6) is -0.124. The molecule has 1 aromatic carbocycles. The van der Waals surface area contributed by atoms with Crippen LogP contribution in [0.5, 0.6) is 5.75 Å². The molecule has 1 aliphatic rings. The number of amides is 1. The van der Waals surface area contributed by atoms with Crippen molar-refractivity contribution in [3.05, 3.63) is 28.8 Å². The van der Waals surface area contributed by atoms with Crippen LogP contribution in [0, 0.1) is 0 Å². The van der Waals surface area contributed by atoms with Gasteiger partial charge in [-0.15, -0.1) is 0 Å². The van der Waals surface area contributed by atoms with Gasteiger partial charge in [-0.05, 0) is 12.1 Å². The Hall–Kier alpha value is -1.64. The number of phenols is 1. The summed E-state index contributed by atoms with van der Waals surface area (Å²) in [6.45, 7) is 0. The van der Waals surface area contributed by atoms with E-state index in [1.54, 1.807) is 6.07 Å². The highest BCUT2D eigenvalue weighted by atomic mass is 16.3. The van der Waals surface area contributed by atoms with E-state index in [-0.39, 0.29) is 11.7 Å². The van der Waals surface area contributed by atoms with Gasteiger partial charge in [0.15, 0.2) is 0 Å². The lowest BCUT2D eigenvalue weighted by atomic mass is 10.3. The minimum atomic E-state index is -0.259. The molecule has 54 valence electrons. The molecule has 0 bridgehead atoms. The highest BCUT2D eigenvalue weighted by molar-refractivity contribution is 6.06. The summed E-state index contributed by atoms with van der Waals surface area (Å²) in [6.07, 6.45) is 1.44. The molecule has 0 atom stereocenters. The van der Waals surface area contributed by atoms with Crippen molar-refractivity contribution in [3.8, 4) is 5.75 Å². The molecule has 11 heavy (non-hydrogen) atoms. The monoisotopic (exact) mass is 147 g/mol. The van der Waals surface area contributed by atoms with Gasteiger partial charge in [-0.1, -0.05) is 0 Å². The topological polar surface area (TPSA) is 49.7 Å². The fourth-order valence-electron chi connectivity index (χ4n) is 1.03. The molecule has 1 aromatic rings. The van der Waals surface area contributed by atoms with E-state index >= 15 is 0 Å². The third-order valence-electron chi connectivity index (χ3n) is 1.52. The number of carbonyl (C=O) groups excluding carboxylic acids is 1. The molecule has 1 N–H and O–H groups in total. The summed E-state index contributed by atoms with van der Waals surface area (Å²) < 4.78 is 0. The van der Waals surface area contributed by atoms with Crippen molar-refractivity contribution in [2.75, 3.05) is 0 Å². The van der Waals surface area contributed by atoms with Crippen molar-refractivity contribution in [3.63, 3.8) is 0 Å². The lowest BCUT2D eigenvalue weighted by Gasteiger charge is -1.85. The maximum atomic E-state index is 10.7. The van der Waals surface area contributed by atoms with Crippen molar-refractivity contribution < 1.29 is 9.90 Å². The number of carbonyl (C=O) groups is 1. The van der Waals surface area contributed by atoms with Crippen molar-refractivity contribution in [1.82, 2.24) is 0 Å². The van der Waals surface area contributed by atoms with Crippen LogP contribution in [0.4, 0.5) is 0 Å². The van der Waals surface area contributed by atoms with Gasteiger partial charge in [0.2, 0.25) is 0 Å². The van der Waals surface area contributed by atoms with Crippen LogP contribution in [0.15, 0.2) is 23.2 Å². The van der Waals surface area contributed by atoms with E-state index in [1.165, 1.54) is 18.2 Å². The van der Waals surface area contributed by atoms with Crippen molar-refractivity contribution in [2.24, 2.45) is 4.99 Å². The first kappa shape index (κ1) is 6.09. The highest BCUT2D eigenvalue weighted by Crippen LogP contribution is 1.99. The van der Waals surface area contributed by atoms with Gasteiger partial charge in [0.05, 0.1) is 5.36 Å². The largest absolute Gasteiger partial charge is 0.508 e. The molecule has 1 heterocycles. The number of nitrogens with zero attached hydrogens (tertiary/aromatic N) is 1. The number of aromatic hydroxyl groups is 1. The van der Waals surface area contributed by atoms with Crippen LogP contribution in [-0.4, -0.2) is 11.0 Å². The van der Waals surface area contributed by atoms with Crippen LogP contribution >= 0.6 is 0 Å². The van der Waals surface area contributed by atoms with Crippen molar-refractivity contribution in [2.45, 2.75) is 0 Å². The van der Waals surface area contributed by atoms with Gasteiger partial charge in [0, 0.05) is 17.4 Å². The third kappa shape index (κ3) is 0.902. The van der Waals surface area contributed by atoms with Gasteiger partial charge in [-0.2, -0.15) is 0 Å². The van der Waals surface area contributed by atoms with Crippen LogP contribution in [0.3, 0.4) is 0 Å². The predicted molar refractivity (Wildman–Crippen MR) is 38.4 cm³/mol. The second-order valence-electron chi connectivity index (χ2n) is 2.34. The zero-order valence-corrected chi connectivity index (χ0v) is 5.61. The van der Waals surface area contributed by atoms with Crippen LogP contribution in [0.1, 0.15) is 0 Å². The summed E-state index contributed by atoms with van der Waals surface area (Å²) in [5, 5.41) is 10.3. The Morgan fingerprint density at radius 2 is 2.18 bits per heavy atom. The molecule has 1 amide bonds. The summed E-state index contributed by atoms with van der Waals surface area (Å²) >= 11 is 0. The SMILES string of the molecule is O=C1C=c2ccc(O)cc2=N1. The molecule has 0 unspecified atom stereocenters. The summed E-state index contributed by atoms with van der Waals surface area (Å²) in [5.41, 5.74) is 0. The molecular weight excluding hydrogens is 142 g/mol. The maximum Gasteiger partial charge on any atom is 0.270 e. The summed E-state index contributed by atoms with van der Waals surface area (Å²) in [7, 11) is 0. The maximum absolute atomic E-state index is 10.7. The lowest BCUT2D eigenvalue weighted by molar-refractivity contribution is -0.112. The van der Waals surface area contributed by atoms with Crippen molar-refractivity contribution in [1.29, 1.82) is 0 Å². The normalized spacial score (nSPS) is 13.6. The van der Waals surface area contributed by atoms with Crippen molar-refractivity contribution >= 4 is 12.0 Å². The number of rotatable bonds is 0. The van der Waals surface area contributed by atoms with Crippen LogP contribution in [0.25, 0.3) is 6.08 Å². The van der Waals surface area contributed by atoms with E-state index < -0.39 is 0 Å². The molecule has 0 aliphatic carbocycles. The van der Waals surface area contributed by atoms with E-state index in [0.717, 1.165) is 5.22 Å². The highest BCUT2D eigenvalue weighted by Gasteiger charge is 2.02. The molecular formula is C8H5NO2. The minimum Gasteiger partial charge on any atom is -0.508 e. The smallest absolute Gasteiger partial charge is 0.270 e. The Bertz CT molecular complexity index is 434. The minimum absolute atomic E-state index is 0.135. The second-order valence-corrected chi connectivity index (χ2v) is 2.34. The Labute approximate surface area is 62.3 Å². The van der Waals surface area contributed by atoms with E-state index in [2.05, 4.69) is 4.99 Å². The van der Waals surface area contributed by atoms with Gasteiger partial charge in [0.1, 0.15) is 5.75 Å². The zero-order chi connectivity index (χ0) is 7.84. The molecule has 0 spiro atoms. The van der Waals surface area contributed by atoms with E-state index in [0.29, 0.717) is 5.36 Å². The fraction of sp³-hybridized carbons (Fsp3) is 0. The van der Waals surface area contributed by atoms with E-state index in [1.807, 2.05) is 0 Å². The Morgan fingerprint density at radius 1 is 1.36 bits per heavy atom. The Balaban J connectivity index is 2.89. The first-order valence-electron chi connectivity index (χ1n) is 3.19.